The van der Waals surface area contributed by atoms with Crippen LogP contribution in [0.25, 0.3) is 0 Å². The third-order valence-electron chi connectivity index (χ3n) is 4.39. The molecule has 5 nitrogen and oxygen atoms in total. The first kappa shape index (κ1) is 21.3. The molecule has 3 N–H and O–H groups in total. The Morgan fingerprint density at radius 2 is 2.04 bits per heavy atom. The molecule has 1 aliphatic carbocycles. The summed E-state index contributed by atoms with van der Waals surface area (Å²) in [7, 11) is 0. The molecule has 4 atom stereocenters. The highest BCUT2D eigenvalue weighted by molar-refractivity contribution is 5.84. The van der Waals surface area contributed by atoms with Crippen molar-refractivity contribution in [2.24, 2.45) is 11.8 Å². The Bertz CT molecular complexity index is 506. The maximum absolute atomic E-state index is 12.1. The molecule has 25 heavy (non-hydrogen) atoms. The average molecular weight is 350 g/mol. The van der Waals surface area contributed by atoms with Crippen LogP contribution in [0.15, 0.2) is 36.5 Å². The fourth-order valence-electron chi connectivity index (χ4n) is 3.00. The number of aliphatic hydroxyl groups excluding tert-OH is 2. The largest absolute Gasteiger partial charge is 0.481 e. The number of unbranched alkanes of at least 4 members (excludes halogenated alkanes) is 1. The normalized spacial score (nSPS) is 25.6. The molecule has 0 saturated heterocycles. The van der Waals surface area contributed by atoms with E-state index in [1.54, 1.807) is 12.2 Å². The lowest BCUT2D eigenvalue weighted by Crippen LogP contribution is -2.18. The second-order valence-corrected chi connectivity index (χ2v) is 6.48. The molecule has 0 heterocycles. The van der Waals surface area contributed by atoms with Gasteiger partial charge in [0.2, 0.25) is 0 Å². The number of carboxylic acids is 1. The minimum absolute atomic E-state index is 0.0395. The summed E-state index contributed by atoms with van der Waals surface area (Å²) in [5.41, 5.74) is 0. The summed E-state index contributed by atoms with van der Waals surface area (Å²) in [5, 5.41) is 28.6. The van der Waals surface area contributed by atoms with Crippen molar-refractivity contribution in [1.82, 2.24) is 0 Å². The van der Waals surface area contributed by atoms with E-state index < -0.39 is 18.2 Å². The van der Waals surface area contributed by atoms with Crippen LogP contribution in [0.2, 0.25) is 0 Å². The summed E-state index contributed by atoms with van der Waals surface area (Å²) in [6.45, 7) is 2.03. The zero-order valence-corrected chi connectivity index (χ0v) is 14.9. The van der Waals surface area contributed by atoms with Gasteiger partial charge in [-0.3, -0.25) is 9.59 Å². The molecule has 0 aliphatic heterocycles. The molecule has 1 aliphatic rings. The number of ketones is 1. The number of aliphatic hydroxyl groups is 2. The van der Waals surface area contributed by atoms with Crippen molar-refractivity contribution in [2.45, 2.75) is 64.1 Å². The molecule has 1 saturated carbocycles. The van der Waals surface area contributed by atoms with E-state index >= 15 is 0 Å². The van der Waals surface area contributed by atoms with E-state index in [2.05, 4.69) is 0 Å². The number of carbonyl (C=O) groups excluding carboxylic acids is 1. The first-order valence-corrected chi connectivity index (χ1v) is 9.04. The predicted molar refractivity (Wildman–Crippen MR) is 97.0 cm³/mol. The fraction of sp³-hybridized carbons (Fsp3) is 0.600. The van der Waals surface area contributed by atoms with Gasteiger partial charge in [0.1, 0.15) is 5.78 Å². The number of aliphatic carboxylic acids is 1. The van der Waals surface area contributed by atoms with Crippen molar-refractivity contribution in [3.63, 3.8) is 0 Å². The van der Waals surface area contributed by atoms with Gasteiger partial charge in [0.15, 0.2) is 0 Å². The molecule has 0 aromatic carbocycles. The summed E-state index contributed by atoms with van der Waals surface area (Å²) in [5.74, 6) is -1.32. The molecule has 0 aromatic rings. The monoisotopic (exact) mass is 350 g/mol. The number of rotatable bonds is 11. The number of carbonyl (C=O) groups is 2. The van der Waals surface area contributed by atoms with E-state index in [-0.39, 0.29) is 30.5 Å². The van der Waals surface area contributed by atoms with Crippen LogP contribution in [0.5, 0.6) is 0 Å². The molecule has 0 bridgehead atoms. The lowest BCUT2D eigenvalue weighted by Gasteiger charge is -2.16. The van der Waals surface area contributed by atoms with Gasteiger partial charge in [-0.25, -0.2) is 0 Å². The smallest absolute Gasteiger partial charge is 0.303 e. The molecule has 0 radical (unpaired) electrons. The van der Waals surface area contributed by atoms with E-state index in [4.69, 9.17) is 5.11 Å². The maximum atomic E-state index is 12.1. The molecule has 1 rings (SSSR count). The summed E-state index contributed by atoms with van der Waals surface area (Å²) in [4.78, 5) is 22.5. The van der Waals surface area contributed by atoms with Crippen molar-refractivity contribution < 1.29 is 24.9 Å². The number of carboxylic acid groups (broad SMARTS) is 1. The first-order chi connectivity index (χ1) is 12.0. The topological polar surface area (TPSA) is 94.8 Å². The van der Waals surface area contributed by atoms with Gasteiger partial charge in [-0.15, -0.1) is 0 Å². The van der Waals surface area contributed by atoms with Gasteiger partial charge in [-0.05, 0) is 32.1 Å². The lowest BCUT2D eigenvalue weighted by molar-refractivity contribution is -0.137. The molecule has 0 spiro atoms. The fourth-order valence-corrected chi connectivity index (χ4v) is 3.00. The van der Waals surface area contributed by atoms with Crippen molar-refractivity contribution >= 4 is 11.8 Å². The maximum Gasteiger partial charge on any atom is 0.303 e. The Morgan fingerprint density at radius 1 is 1.28 bits per heavy atom. The third kappa shape index (κ3) is 8.27. The van der Waals surface area contributed by atoms with E-state index in [1.165, 1.54) is 0 Å². The van der Waals surface area contributed by atoms with Crippen LogP contribution in [0.4, 0.5) is 0 Å². The first-order valence-electron chi connectivity index (χ1n) is 9.04. The lowest BCUT2D eigenvalue weighted by atomic mass is 9.90. The molecule has 1 fully saturated rings. The van der Waals surface area contributed by atoms with Gasteiger partial charge < -0.3 is 15.3 Å². The average Bonchev–Trinajstić information content (AvgIpc) is 2.82. The highest BCUT2D eigenvalue weighted by atomic mass is 16.4. The van der Waals surface area contributed by atoms with Crippen LogP contribution in [0.3, 0.4) is 0 Å². The Hall–Kier alpha value is -1.72. The molecule has 5 heteroatoms. The highest BCUT2D eigenvalue weighted by Gasteiger charge is 2.39. The van der Waals surface area contributed by atoms with Gasteiger partial charge in [-0.2, -0.15) is 0 Å². The van der Waals surface area contributed by atoms with Crippen LogP contribution in [0, 0.1) is 11.8 Å². The van der Waals surface area contributed by atoms with Crippen LogP contribution >= 0.6 is 0 Å². The van der Waals surface area contributed by atoms with Crippen molar-refractivity contribution in [1.29, 1.82) is 0 Å². The van der Waals surface area contributed by atoms with Gasteiger partial charge in [0.05, 0.1) is 12.2 Å². The Labute approximate surface area is 149 Å². The molecule has 140 valence electrons. The second-order valence-electron chi connectivity index (χ2n) is 6.48. The minimum Gasteiger partial charge on any atom is -0.481 e. The molecule has 0 amide bonds. The summed E-state index contributed by atoms with van der Waals surface area (Å²) in [6.07, 6.45) is 13.3. The van der Waals surface area contributed by atoms with E-state index in [9.17, 15) is 19.8 Å². The van der Waals surface area contributed by atoms with Crippen LogP contribution < -0.4 is 0 Å². The van der Waals surface area contributed by atoms with E-state index in [0.717, 1.165) is 6.42 Å². The second kappa shape index (κ2) is 11.8. The predicted octanol–water partition coefficient (Wildman–Crippen LogP) is 3.03. The zero-order chi connectivity index (χ0) is 18.7. The van der Waals surface area contributed by atoms with Crippen molar-refractivity contribution in [3.05, 3.63) is 36.5 Å². The van der Waals surface area contributed by atoms with Crippen LogP contribution in [-0.4, -0.2) is 39.3 Å². The minimum atomic E-state index is -0.806. The molecular formula is C20H30O5. The molecular weight excluding hydrogens is 320 g/mol. The Balaban J connectivity index is 2.52. The van der Waals surface area contributed by atoms with Crippen molar-refractivity contribution in [3.8, 4) is 0 Å². The number of Topliss-reactive ketones (excluding diaryl/α,β-unsaturated/α-hetero) is 1. The summed E-state index contributed by atoms with van der Waals surface area (Å²) >= 11 is 0. The zero-order valence-electron chi connectivity index (χ0n) is 14.9. The number of hydrogen-bond donors (Lipinski definition) is 3. The number of allylic oxidation sites excluding steroid dienone is 3. The van der Waals surface area contributed by atoms with Gasteiger partial charge in [0, 0.05) is 24.7 Å². The van der Waals surface area contributed by atoms with Crippen LogP contribution in [0.1, 0.15) is 51.9 Å². The van der Waals surface area contributed by atoms with Gasteiger partial charge in [0.25, 0.3) is 0 Å². The highest BCUT2D eigenvalue weighted by Crippen LogP contribution is 2.33. The summed E-state index contributed by atoms with van der Waals surface area (Å²) in [6, 6.07) is 0. The third-order valence-corrected chi connectivity index (χ3v) is 4.39. The van der Waals surface area contributed by atoms with Crippen molar-refractivity contribution in [2.75, 3.05) is 0 Å². The SMILES string of the molecule is CC/C=C\CC(O)/C=C/[C@H]1C(O)CC(=O)[C@@H]1C/C=C\CCCC(=O)O. The molecule has 0 aromatic heterocycles. The number of hydrogen-bond acceptors (Lipinski definition) is 4. The van der Waals surface area contributed by atoms with Crippen LogP contribution in [-0.2, 0) is 9.59 Å². The van der Waals surface area contributed by atoms with E-state index in [0.29, 0.717) is 25.7 Å². The Kier molecular flexibility index (Phi) is 10.0. The quantitative estimate of drug-likeness (QED) is 0.393. The van der Waals surface area contributed by atoms with Gasteiger partial charge >= 0.3 is 5.97 Å². The van der Waals surface area contributed by atoms with E-state index in [1.807, 2.05) is 31.2 Å². The van der Waals surface area contributed by atoms with Gasteiger partial charge in [-0.1, -0.05) is 43.4 Å². The molecule has 2 unspecified atom stereocenters. The standard InChI is InChI=1S/C20H30O5/c1-2-3-6-9-15(21)12-13-17-16(18(22)14-19(17)23)10-7-4-5-8-11-20(24)25/h3-4,6-7,12-13,15-17,19,21,23H,2,5,8-11,14H2,1H3,(H,24,25)/b6-3-,7-4-,13-12+/t15?,16-,17-,19?/m1/s1. The summed E-state index contributed by atoms with van der Waals surface area (Å²) < 4.78 is 0. The Morgan fingerprint density at radius 3 is 2.72 bits per heavy atom.